The van der Waals surface area contributed by atoms with Gasteiger partial charge < -0.3 is 10.5 Å². The molecule has 0 fully saturated rings. The van der Waals surface area contributed by atoms with Gasteiger partial charge in [-0.1, -0.05) is 17.7 Å². The van der Waals surface area contributed by atoms with Crippen molar-refractivity contribution in [3.05, 3.63) is 29.0 Å². The highest BCUT2D eigenvalue weighted by molar-refractivity contribution is 6.29. The Morgan fingerprint density at radius 3 is 2.71 bits per heavy atom. The van der Waals surface area contributed by atoms with E-state index in [1.807, 2.05) is 0 Å². The van der Waals surface area contributed by atoms with Crippen molar-refractivity contribution < 1.29 is 9.53 Å². The summed E-state index contributed by atoms with van der Waals surface area (Å²) < 4.78 is 4.57. The second-order valence-electron chi connectivity index (χ2n) is 3.06. The van der Waals surface area contributed by atoms with Crippen LogP contribution in [-0.2, 0) is 15.1 Å². The third kappa shape index (κ3) is 2.02. The van der Waals surface area contributed by atoms with Gasteiger partial charge in [0.15, 0.2) is 0 Å². The number of nitrogens with zero attached hydrogens (tertiary/aromatic N) is 1. The van der Waals surface area contributed by atoms with Crippen molar-refractivity contribution in [3.63, 3.8) is 0 Å². The average Bonchev–Trinajstić information content (AvgIpc) is 2.17. The maximum absolute atomic E-state index is 11.3. The van der Waals surface area contributed by atoms with Crippen LogP contribution in [0.2, 0.25) is 5.15 Å². The summed E-state index contributed by atoms with van der Waals surface area (Å²) in [7, 11) is 1.29. The minimum absolute atomic E-state index is 0.356. The number of carbonyl (C=O) groups excluding carboxylic acids is 1. The van der Waals surface area contributed by atoms with Crippen LogP contribution in [0.3, 0.4) is 0 Å². The summed E-state index contributed by atoms with van der Waals surface area (Å²) in [6.07, 6.45) is 1.46. The summed E-state index contributed by atoms with van der Waals surface area (Å²) in [5, 5.41) is 0.356. The molecule has 0 aliphatic carbocycles. The van der Waals surface area contributed by atoms with Crippen LogP contribution >= 0.6 is 11.6 Å². The predicted octanol–water partition coefficient (Wildman–Crippen LogP) is 1.08. The van der Waals surface area contributed by atoms with Gasteiger partial charge >= 0.3 is 5.97 Å². The lowest BCUT2D eigenvalue weighted by Crippen LogP contribution is -2.42. The van der Waals surface area contributed by atoms with E-state index in [2.05, 4.69) is 9.72 Å². The molecule has 1 aromatic heterocycles. The lowest BCUT2D eigenvalue weighted by atomic mass is 9.95. The molecule has 0 aliphatic rings. The molecular weight excluding hydrogens is 204 g/mol. The first-order chi connectivity index (χ1) is 6.48. The van der Waals surface area contributed by atoms with Crippen LogP contribution in [-0.4, -0.2) is 18.1 Å². The Hall–Kier alpha value is -1.13. The lowest BCUT2D eigenvalue weighted by molar-refractivity contribution is -0.146. The molecule has 2 N–H and O–H groups in total. The topological polar surface area (TPSA) is 65.2 Å². The molecule has 1 heterocycles. The van der Waals surface area contributed by atoms with Gasteiger partial charge in [-0.05, 0) is 13.0 Å². The fourth-order valence-electron chi connectivity index (χ4n) is 1.01. The molecular formula is C9H11ClN2O2. The van der Waals surface area contributed by atoms with E-state index in [9.17, 15) is 4.79 Å². The van der Waals surface area contributed by atoms with Crippen LogP contribution in [0.4, 0.5) is 0 Å². The summed E-state index contributed by atoms with van der Waals surface area (Å²) in [5.74, 6) is -0.512. The molecule has 0 saturated heterocycles. The van der Waals surface area contributed by atoms with Gasteiger partial charge in [0.05, 0.1) is 7.11 Å². The number of pyridine rings is 1. The summed E-state index contributed by atoms with van der Waals surface area (Å²) in [6, 6.07) is 3.22. The number of ether oxygens (including phenoxy) is 1. The van der Waals surface area contributed by atoms with Crippen molar-refractivity contribution >= 4 is 17.6 Å². The summed E-state index contributed by atoms with van der Waals surface area (Å²) >= 11 is 5.61. The molecule has 1 aromatic rings. The zero-order valence-electron chi connectivity index (χ0n) is 7.95. The number of hydrogen-bond donors (Lipinski definition) is 1. The van der Waals surface area contributed by atoms with E-state index < -0.39 is 11.5 Å². The summed E-state index contributed by atoms with van der Waals surface area (Å²) in [4.78, 5) is 15.2. The molecule has 14 heavy (non-hydrogen) atoms. The fourth-order valence-corrected chi connectivity index (χ4v) is 1.12. The Kier molecular flexibility index (Phi) is 3.08. The first-order valence-corrected chi connectivity index (χ1v) is 4.35. The third-order valence-corrected chi connectivity index (χ3v) is 2.16. The van der Waals surface area contributed by atoms with Crippen molar-refractivity contribution in [2.24, 2.45) is 5.73 Å². The molecule has 5 heteroatoms. The first-order valence-electron chi connectivity index (χ1n) is 3.98. The van der Waals surface area contributed by atoms with Crippen molar-refractivity contribution in [3.8, 4) is 0 Å². The molecule has 76 valence electrons. The third-order valence-electron chi connectivity index (χ3n) is 1.94. The van der Waals surface area contributed by atoms with Gasteiger partial charge in [0, 0.05) is 11.8 Å². The maximum Gasteiger partial charge on any atom is 0.330 e. The van der Waals surface area contributed by atoms with Crippen LogP contribution in [0.1, 0.15) is 12.5 Å². The maximum atomic E-state index is 11.3. The number of rotatable bonds is 2. The van der Waals surface area contributed by atoms with Crippen LogP contribution in [0, 0.1) is 0 Å². The summed E-state index contributed by atoms with van der Waals surface area (Å²) in [6.45, 7) is 1.56. The molecule has 0 amide bonds. The lowest BCUT2D eigenvalue weighted by Gasteiger charge is -2.21. The molecule has 0 radical (unpaired) electrons. The fraction of sp³-hybridized carbons (Fsp3) is 0.333. The second-order valence-corrected chi connectivity index (χ2v) is 3.45. The number of nitrogens with two attached hydrogens (primary N) is 1. The van der Waals surface area contributed by atoms with Gasteiger partial charge in [0.25, 0.3) is 0 Å². The smallest absolute Gasteiger partial charge is 0.330 e. The number of aromatic nitrogens is 1. The normalized spacial score (nSPS) is 14.6. The SMILES string of the molecule is COC(=O)[C@@](C)(N)c1ccc(Cl)nc1. The molecule has 0 bridgehead atoms. The molecule has 0 unspecified atom stereocenters. The van der Waals surface area contributed by atoms with Crippen molar-refractivity contribution in [1.29, 1.82) is 0 Å². The number of hydrogen-bond acceptors (Lipinski definition) is 4. The standard InChI is InChI=1S/C9H11ClN2O2/c1-9(11,8(13)14-2)6-3-4-7(10)12-5-6/h3-5H,11H2,1-2H3/t9-/m0/s1. The Balaban J connectivity index is 3.03. The quantitative estimate of drug-likeness (QED) is 0.591. The van der Waals surface area contributed by atoms with E-state index in [4.69, 9.17) is 17.3 Å². The zero-order chi connectivity index (χ0) is 10.8. The van der Waals surface area contributed by atoms with Gasteiger partial charge in [-0.15, -0.1) is 0 Å². The van der Waals surface area contributed by atoms with Gasteiger partial charge in [-0.2, -0.15) is 0 Å². The molecule has 4 nitrogen and oxygen atoms in total. The van der Waals surface area contributed by atoms with E-state index in [1.54, 1.807) is 19.1 Å². The van der Waals surface area contributed by atoms with Gasteiger partial charge in [-0.3, -0.25) is 0 Å². The largest absolute Gasteiger partial charge is 0.467 e. The van der Waals surface area contributed by atoms with Crippen molar-refractivity contribution in [2.45, 2.75) is 12.5 Å². The Bertz CT molecular complexity index is 335. The Labute approximate surface area is 87.0 Å². The Morgan fingerprint density at radius 1 is 1.64 bits per heavy atom. The molecule has 0 aliphatic heterocycles. The van der Waals surface area contributed by atoms with E-state index in [0.29, 0.717) is 10.7 Å². The van der Waals surface area contributed by atoms with Crippen LogP contribution in [0.5, 0.6) is 0 Å². The van der Waals surface area contributed by atoms with Crippen LogP contribution < -0.4 is 5.73 Å². The molecule has 0 saturated carbocycles. The highest BCUT2D eigenvalue weighted by atomic mass is 35.5. The van der Waals surface area contributed by atoms with Crippen LogP contribution in [0.25, 0.3) is 0 Å². The number of esters is 1. The molecule has 1 rings (SSSR count). The molecule has 1 atom stereocenters. The predicted molar refractivity (Wildman–Crippen MR) is 52.8 cm³/mol. The minimum Gasteiger partial charge on any atom is -0.467 e. The van der Waals surface area contributed by atoms with E-state index in [0.717, 1.165) is 0 Å². The van der Waals surface area contributed by atoms with Gasteiger partial charge in [0.2, 0.25) is 0 Å². The zero-order valence-corrected chi connectivity index (χ0v) is 8.71. The van der Waals surface area contributed by atoms with E-state index in [1.165, 1.54) is 13.3 Å². The van der Waals surface area contributed by atoms with E-state index >= 15 is 0 Å². The van der Waals surface area contributed by atoms with Crippen molar-refractivity contribution in [2.75, 3.05) is 7.11 Å². The van der Waals surface area contributed by atoms with E-state index in [-0.39, 0.29) is 0 Å². The average molecular weight is 215 g/mol. The number of carbonyl (C=O) groups is 1. The number of halogens is 1. The van der Waals surface area contributed by atoms with Crippen molar-refractivity contribution in [1.82, 2.24) is 4.98 Å². The molecule has 0 aromatic carbocycles. The second kappa shape index (κ2) is 3.94. The minimum atomic E-state index is -1.19. The highest BCUT2D eigenvalue weighted by Crippen LogP contribution is 2.19. The highest BCUT2D eigenvalue weighted by Gasteiger charge is 2.31. The first kappa shape index (κ1) is 10.9. The summed E-state index contributed by atoms with van der Waals surface area (Å²) in [5.41, 5.74) is 5.16. The number of methoxy groups -OCH3 is 1. The van der Waals surface area contributed by atoms with Crippen LogP contribution in [0.15, 0.2) is 18.3 Å². The monoisotopic (exact) mass is 214 g/mol. The van der Waals surface area contributed by atoms with Gasteiger partial charge in [0.1, 0.15) is 10.7 Å². The Morgan fingerprint density at radius 2 is 2.29 bits per heavy atom. The van der Waals surface area contributed by atoms with Gasteiger partial charge in [-0.25, -0.2) is 9.78 Å². The molecule has 0 spiro atoms.